The van der Waals surface area contributed by atoms with Gasteiger partial charge in [-0.1, -0.05) is 15.9 Å². The molecule has 3 aromatic rings. The van der Waals surface area contributed by atoms with Crippen LogP contribution in [0.25, 0.3) is 0 Å². The fourth-order valence-corrected chi connectivity index (χ4v) is 3.79. The van der Waals surface area contributed by atoms with E-state index in [4.69, 9.17) is 0 Å². The number of rotatable bonds is 5. The Morgan fingerprint density at radius 2 is 1.85 bits per heavy atom. The third-order valence-corrected chi connectivity index (χ3v) is 6.13. The lowest BCUT2D eigenvalue weighted by Gasteiger charge is -2.10. The molecule has 1 aromatic heterocycles. The number of nitrogens with zero attached hydrogens (tertiary/aromatic N) is 2. The van der Waals surface area contributed by atoms with Gasteiger partial charge in [0.15, 0.2) is 5.82 Å². The lowest BCUT2D eigenvalue weighted by Crippen LogP contribution is -2.13. The van der Waals surface area contributed by atoms with Gasteiger partial charge in [-0.05, 0) is 55.0 Å². The average Bonchev–Trinajstić information content (AvgIpc) is 3.03. The summed E-state index contributed by atoms with van der Waals surface area (Å²) in [4.78, 5) is 16.6. The highest BCUT2D eigenvalue weighted by Crippen LogP contribution is 2.22. The van der Waals surface area contributed by atoms with Crippen LogP contribution in [-0.4, -0.2) is 23.8 Å². The minimum Gasteiger partial charge on any atom is -0.331 e. The molecule has 3 rings (SSSR count). The van der Waals surface area contributed by atoms with Crippen molar-refractivity contribution in [2.75, 3.05) is 4.72 Å². The Labute approximate surface area is 160 Å². The van der Waals surface area contributed by atoms with Crippen LogP contribution in [0.5, 0.6) is 0 Å². The van der Waals surface area contributed by atoms with Crippen molar-refractivity contribution >= 4 is 37.4 Å². The van der Waals surface area contributed by atoms with Gasteiger partial charge >= 0.3 is 0 Å². The lowest BCUT2D eigenvalue weighted by atomic mass is 10.1. The zero-order valence-electron chi connectivity index (χ0n) is 14.1. The number of ketones is 1. The Bertz CT molecular complexity index is 1070. The van der Waals surface area contributed by atoms with Gasteiger partial charge in [0, 0.05) is 35.2 Å². The number of anilines is 1. The van der Waals surface area contributed by atoms with Crippen molar-refractivity contribution in [1.29, 1.82) is 0 Å². The summed E-state index contributed by atoms with van der Waals surface area (Å²) in [6.07, 6.45) is 3.24. The Morgan fingerprint density at radius 3 is 2.42 bits per heavy atom. The highest BCUT2D eigenvalue weighted by molar-refractivity contribution is 9.10. The first-order valence-corrected chi connectivity index (χ1v) is 9.96. The van der Waals surface area contributed by atoms with Gasteiger partial charge in [0.2, 0.25) is 5.78 Å². The molecule has 0 aliphatic carbocycles. The number of hydrogen-bond donors (Lipinski definition) is 1. The van der Waals surface area contributed by atoms with E-state index in [1.807, 2.05) is 6.92 Å². The number of carbonyl (C=O) groups is 1. The average molecular weight is 434 g/mol. The molecular weight excluding hydrogens is 418 g/mol. The summed E-state index contributed by atoms with van der Waals surface area (Å²) in [5.41, 5.74) is 1.63. The van der Waals surface area contributed by atoms with E-state index in [0.717, 1.165) is 10.0 Å². The fraction of sp³-hybridized carbons (Fsp3) is 0.111. The molecule has 1 N–H and O–H groups in total. The third kappa shape index (κ3) is 3.71. The molecule has 1 heterocycles. The number of aromatic nitrogens is 2. The zero-order valence-corrected chi connectivity index (χ0v) is 16.5. The standard InChI is InChI=1S/C18H16BrN3O3S/c1-12-11-15(7-8-16(12)19)26(24,25)21-14-5-3-13(4-6-14)17(23)18-20-9-10-22(18)2/h3-11,21H,1-2H3. The van der Waals surface area contributed by atoms with E-state index in [1.54, 1.807) is 60.4 Å². The number of sulfonamides is 1. The highest BCUT2D eigenvalue weighted by atomic mass is 79.9. The van der Waals surface area contributed by atoms with E-state index in [0.29, 0.717) is 17.1 Å². The van der Waals surface area contributed by atoms with Gasteiger partial charge in [0.1, 0.15) is 0 Å². The van der Waals surface area contributed by atoms with E-state index in [9.17, 15) is 13.2 Å². The second-order valence-corrected chi connectivity index (χ2v) is 8.32. The third-order valence-electron chi connectivity index (χ3n) is 3.86. The minimum atomic E-state index is -3.71. The SMILES string of the molecule is Cc1cc(S(=O)(=O)Nc2ccc(C(=O)c3nccn3C)cc2)ccc1Br. The molecule has 2 aromatic carbocycles. The van der Waals surface area contributed by atoms with Crippen molar-refractivity contribution in [2.45, 2.75) is 11.8 Å². The van der Waals surface area contributed by atoms with E-state index >= 15 is 0 Å². The molecule has 0 saturated carbocycles. The number of imidazole rings is 1. The van der Waals surface area contributed by atoms with Gasteiger partial charge < -0.3 is 4.57 Å². The first-order chi connectivity index (χ1) is 12.3. The maximum absolute atomic E-state index is 12.5. The summed E-state index contributed by atoms with van der Waals surface area (Å²) in [6, 6.07) is 11.1. The molecule has 0 radical (unpaired) electrons. The van der Waals surface area contributed by atoms with Crippen LogP contribution in [-0.2, 0) is 17.1 Å². The maximum atomic E-state index is 12.5. The number of nitrogens with one attached hydrogen (secondary N) is 1. The van der Waals surface area contributed by atoms with Crippen LogP contribution in [0.15, 0.2) is 64.2 Å². The predicted molar refractivity (Wildman–Crippen MR) is 103 cm³/mol. The number of carbonyl (C=O) groups excluding carboxylic acids is 1. The number of halogens is 1. The van der Waals surface area contributed by atoms with Gasteiger partial charge in [-0.3, -0.25) is 9.52 Å². The number of hydrogen-bond acceptors (Lipinski definition) is 4. The smallest absolute Gasteiger partial charge is 0.261 e. The van der Waals surface area contributed by atoms with Crippen molar-refractivity contribution in [3.05, 3.63) is 76.3 Å². The fourth-order valence-electron chi connectivity index (χ4n) is 2.40. The first kappa shape index (κ1) is 18.3. The molecule has 8 heteroatoms. The zero-order chi connectivity index (χ0) is 18.9. The van der Waals surface area contributed by atoms with Crippen molar-refractivity contribution in [3.8, 4) is 0 Å². The van der Waals surface area contributed by atoms with Gasteiger partial charge in [-0.2, -0.15) is 0 Å². The summed E-state index contributed by atoms with van der Waals surface area (Å²) in [7, 11) is -1.97. The highest BCUT2D eigenvalue weighted by Gasteiger charge is 2.17. The quantitative estimate of drug-likeness (QED) is 0.624. The Morgan fingerprint density at radius 1 is 1.15 bits per heavy atom. The topological polar surface area (TPSA) is 81.1 Å². The van der Waals surface area contributed by atoms with E-state index in [-0.39, 0.29) is 10.7 Å². The second kappa shape index (κ2) is 7.05. The van der Waals surface area contributed by atoms with Crippen molar-refractivity contribution in [1.82, 2.24) is 9.55 Å². The summed E-state index contributed by atoms with van der Waals surface area (Å²) in [6.45, 7) is 1.82. The summed E-state index contributed by atoms with van der Waals surface area (Å²) in [5.74, 6) is 0.0964. The van der Waals surface area contributed by atoms with Crippen LogP contribution < -0.4 is 4.72 Å². The maximum Gasteiger partial charge on any atom is 0.261 e. The molecule has 6 nitrogen and oxygen atoms in total. The molecule has 134 valence electrons. The molecule has 0 atom stereocenters. The van der Waals surface area contributed by atoms with Crippen molar-refractivity contribution in [3.63, 3.8) is 0 Å². The Hall–Kier alpha value is -2.45. The van der Waals surface area contributed by atoms with Gasteiger partial charge in [-0.15, -0.1) is 0 Å². The molecule has 0 spiro atoms. The van der Waals surface area contributed by atoms with Crippen LogP contribution in [0.3, 0.4) is 0 Å². The summed E-state index contributed by atoms with van der Waals surface area (Å²) >= 11 is 3.35. The van der Waals surface area contributed by atoms with Crippen LogP contribution >= 0.6 is 15.9 Å². The summed E-state index contributed by atoms with van der Waals surface area (Å²) < 4.78 is 30.0. The van der Waals surface area contributed by atoms with E-state index in [2.05, 4.69) is 25.6 Å². The number of benzene rings is 2. The molecule has 0 fully saturated rings. The molecule has 0 saturated heterocycles. The normalized spacial score (nSPS) is 11.3. The van der Waals surface area contributed by atoms with Crippen LogP contribution in [0.2, 0.25) is 0 Å². The van der Waals surface area contributed by atoms with Crippen LogP contribution in [0.4, 0.5) is 5.69 Å². The van der Waals surface area contributed by atoms with Gasteiger partial charge in [0.25, 0.3) is 10.0 Å². The molecular formula is C18H16BrN3O3S. The first-order valence-electron chi connectivity index (χ1n) is 7.69. The van der Waals surface area contributed by atoms with Crippen LogP contribution in [0.1, 0.15) is 21.7 Å². The largest absolute Gasteiger partial charge is 0.331 e. The Balaban J connectivity index is 1.81. The molecule has 0 aliphatic heterocycles. The number of aryl methyl sites for hydroxylation is 2. The molecule has 0 bridgehead atoms. The van der Waals surface area contributed by atoms with Crippen molar-refractivity contribution < 1.29 is 13.2 Å². The predicted octanol–water partition coefficient (Wildman–Crippen LogP) is 3.52. The summed E-state index contributed by atoms with van der Waals surface area (Å²) in [5, 5.41) is 0. The van der Waals surface area contributed by atoms with Gasteiger partial charge in [0.05, 0.1) is 4.90 Å². The van der Waals surface area contributed by atoms with E-state index in [1.165, 1.54) is 6.07 Å². The second-order valence-electron chi connectivity index (χ2n) is 5.78. The minimum absolute atomic E-state index is 0.173. The van der Waals surface area contributed by atoms with Crippen molar-refractivity contribution in [2.24, 2.45) is 7.05 Å². The molecule has 0 unspecified atom stereocenters. The molecule has 0 aliphatic rings. The van der Waals surface area contributed by atoms with E-state index < -0.39 is 10.0 Å². The lowest BCUT2D eigenvalue weighted by molar-refractivity contribution is 0.102. The molecule has 0 amide bonds. The van der Waals surface area contributed by atoms with Crippen LogP contribution in [0, 0.1) is 6.92 Å². The Kier molecular flexibility index (Phi) is 4.97. The molecule has 26 heavy (non-hydrogen) atoms. The van der Waals surface area contributed by atoms with Gasteiger partial charge in [-0.25, -0.2) is 13.4 Å². The monoisotopic (exact) mass is 433 g/mol.